The third-order valence-electron chi connectivity index (χ3n) is 5.42. The van der Waals surface area contributed by atoms with Crippen LogP contribution in [-0.4, -0.2) is 0 Å². The second-order valence-corrected chi connectivity index (χ2v) is 7.33. The zero-order valence-electron chi connectivity index (χ0n) is 15.9. The van der Waals surface area contributed by atoms with E-state index in [2.05, 4.69) is 116 Å². The Bertz CT molecular complexity index is 1250. The largest absolute Gasteiger partial charge is 0.0635 e. The molecular weight excluding hydrogens is 336 g/mol. The molecule has 0 N–H and O–H groups in total. The Morgan fingerprint density at radius 3 is 1.86 bits per heavy atom. The van der Waals surface area contributed by atoms with Crippen LogP contribution in [0.2, 0.25) is 0 Å². The van der Waals surface area contributed by atoms with E-state index in [-0.39, 0.29) is 0 Å². The molecule has 0 unspecified atom stereocenters. The maximum Gasteiger partial charge on any atom is 0.0635 e. The monoisotopic (exact) mass is 357 g/mol. The molecule has 0 saturated carbocycles. The second-order valence-electron chi connectivity index (χ2n) is 7.33. The minimum Gasteiger partial charge on any atom is -0.0622 e. The van der Waals surface area contributed by atoms with Crippen molar-refractivity contribution in [3.05, 3.63) is 137 Å². The summed E-state index contributed by atoms with van der Waals surface area (Å²) in [6, 6.07) is 39.4. The van der Waals surface area contributed by atoms with Gasteiger partial charge in [-0.15, -0.1) is 0 Å². The van der Waals surface area contributed by atoms with E-state index in [1.807, 2.05) is 0 Å². The number of aryl methyl sites for hydroxylation is 1. The van der Waals surface area contributed by atoms with Crippen molar-refractivity contribution in [3.8, 4) is 0 Å². The highest BCUT2D eigenvalue weighted by molar-refractivity contribution is 6.01. The smallest absolute Gasteiger partial charge is 0.0622 e. The van der Waals surface area contributed by atoms with Crippen LogP contribution in [0, 0.1) is 12.8 Å². The molecule has 0 aliphatic carbocycles. The Morgan fingerprint density at radius 1 is 0.500 bits per heavy atom. The molecule has 0 nitrogen and oxygen atoms in total. The van der Waals surface area contributed by atoms with Crippen molar-refractivity contribution in [1.82, 2.24) is 0 Å². The first-order chi connectivity index (χ1) is 13.8. The summed E-state index contributed by atoms with van der Waals surface area (Å²) in [5.74, 6) is 1.28. The molecule has 0 heterocycles. The number of rotatable bonds is 3. The molecule has 0 fully saturated rings. The fourth-order valence-electron chi connectivity index (χ4n) is 3.99. The molecule has 0 aliphatic rings. The summed E-state index contributed by atoms with van der Waals surface area (Å²) in [5.41, 5.74) is 5.04. The van der Waals surface area contributed by atoms with E-state index >= 15 is 0 Å². The van der Waals surface area contributed by atoms with Crippen molar-refractivity contribution >= 4 is 21.5 Å². The Hall–Kier alpha value is -3.38. The lowest BCUT2D eigenvalue weighted by molar-refractivity contribution is 1.24. The van der Waals surface area contributed by atoms with Gasteiger partial charge in [0.15, 0.2) is 0 Å². The zero-order valence-corrected chi connectivity index (χ0v) is 15.9. The molecule has 0 amide bonds. The van der Waals surface area contributed by atoms with E-state index in [0.717, 1.165) is 0 Å². The van der Waals surface area contributed by atoms with Crippen molar-refractivity contribution in [1.29, 1.82) is 0 Å². The standard InChI is InChI=1S/C28H21/c1-20-14-16-22(17-15-20)28(21-8-3-2-4-9-21)26-13-7-12-25-18-23-10-5-6-11-24(23)19-27(25)26/h2-19H,1H3. The van der Waals surface area contributed by atoms with Gasteiger partial charge in [-0.05, 0) is 57.3 Å². The topological polar surface area (TPSA) is 0 Å². The van der Waals surface area contributed by atoms with Gasteiger partial charge in [-0.2, -0.15) is 0 Å². The van der Waals surface area contributed by atoms with Crippen molar-refractivity contribution in [3.63, 3.8) is 0 Å². The van der Waals surface area contributed by atoms with Crippen LogP contribution in [0.15, 0.2) is 109 Å². The Balaban J connectivity index is 1.80. The molecule has 0 aliphatic heterocycles. The van der Waals surface area contributed by atoms with E-state index in [4.69, 9.17) is 0 Å². The van der Waals surface area contributed by atoms with Crippen LogP contribution in [-0.2, 0) is 0 Å². The van der Waals surface area contributed by atoms with Crippen molar-refractivity contribution in [2.45, 2.75) is 6.92 Å². The van der Waals surface area contributed by atoms with Crippen LogP contribution >= 0.6 is 0 Å². The summed E-state index contributed by atoms with van der Waals surface area (Å²) in [6.45, 7) is 2.13. The lowest BCUT2D eigenvalue weighted by Crippen LogP contribution is -2.05. The van der Waals surface area contributed by atoms with Gasteiger partial charge in [0.25, 0.3) is 0 Å². The second kappa shape index (κ2) is 6.98. The quantitative estimate of drug-likeness (QED) is 0.234. The lowest BCUT2D eigenvalue weighted by atomic mass is 9.82. The molecular formula is C28H21. The number of hydrogen-bond donors (Lipinski definition) is 0. The number of fused-ring (bicyclic) bond motifs is 2. The lowest BCUT2D eigenvalue weighted by Gasteiger charge is -2.20. The van der Waals surface area contributed by atoms with Crippen LogP contribution in [0.5, 0.6) is 0 Å². The van der Waals surface area contributed by atoms with E-state index in [9.17, 15) is 0 Å². The molecule has 5 aromatic carbocycles. The van der Waals surface area contributed by atoms with Gasteiger partial charge in [0.05, 0.1) is 5.92 Å². The van der Waals surface area contributed by atoms with E-state index < -0.39 is 0 Å². The summed E-state index contributed by atoms with van der Waals surface area (Å²) < 4.78 is 0. The third kappa shape index (κ3) is 2.97. The molecule has 0 heteroatoms. The van der Waals surface area contributed by atoms with Crippen LogP contribution in [0.25, 0.3) is 21.5 Å². The summed E-state index contributed by atoms with van der Waals surface area (Å²) in [4.78, 5) is 0. The molecule has 0 bridgehead atoms. The van der Waals surface area contributed by atoms with Crippen LogP contribution < -0.4 is 0 Å². The van der Waals surface area contributed by atoms with Gasteiger partial charge in [-0.25, -0.2) is 0 Å². The van der Waals surface area contributed by atoms with E-state index in [1.165, 1.54) is 49.7 Å². The molecule has 133 valence electrons. The summed E-state index contributed by atoms with van der Waals surface area (Å²) in [6.07, 6.45) is 0. The normalized spacial score (nSPS) is 11.4. The summed E-state index contributed by atoms with van der Waals surface area (Å²) >= 11 is 0. The van der Waals surface area contributed by atoms with Crippen molar-refractivity contribution in [2.24, 2.45) is 0 Å². The zero-order chi connectivity index (χ0) is 18.9. The van der Waals surface area contributed by atoms with Crippen molar-refractivity contribution < 1.29 is 0 Å². The van der Waals surface area contributed by atoms with Crippen LogP contribution in [0.1, 0.15) is 22.3 Å². The molecule has 0 saturated heterocycles. The Morgan fingerprint density at radius 2 is 1.11 bits per heavy atom. The highest BCUT2D eigenvalue weighted by Gasteiger charge is 2.20. The van der Waals surface area contributed by atoms with Gasteiger partial charge >= 0.3 is 0 Å². The van der Waals surface area contributed by atoms with E-state index in [1.54, 1.807) is 0 Å². The van der Waals surface area contributed by atoms with Gasteiger partial charge < -0.3 is 0 Å². The average Bonchev–Trinajstić information content (AvgIpc) is 2.75. The molecule has 5 aromatic rings. The third-order valence-corrected chi connectivity index (χ3v) is 5.42. The van der Waals surface area contributed by atoms with Gasteiger partial charge in [-0.1, -0.05) is 103 Å². The van der Waals surface area contributed by atoms with E-state index in [0.29, 0.717) is 0 Å². The Labute approximate surface area is 166 Å². The minimum atomic E-state index is 1.24. The molecule has 0 spiro atoms. The predicted octanol–water partition coefficient (Wildman–Crippen LogP) is 7.32. The summed E-state index contributed by atoms with van der Waals surface area (Å²) in [5, 5.41) is 5.12. The molecule has 28 heavy (non-hydrogen) atoms. The first kappa shape index (κ1) is 16.8. The maximum atomic E-state index is 2.33. The number of hydrogen-bond acceptors (Lipinski definition) is 0. The molecule has 1 radical (unpaired) electrons. The highest BCUT2D eigenvalue weighted by Crippen LogP contribution is 2.36. The number of benzene rings is 5. The van der Waals surface area contributed by atoms with Crippen molar-refractivity contribution in [2.75, 3.05) is 0 Å². The highest BCUT2D eigenvalue weighted by atomic mass is 14.2. The molecule has 0 atom stereocenters. The summed E-state index contributed by atoms with van der Waals surface area (Å²) in [7, 11) is 0. The first-order valence-electron chi connectivity index (χ1n) is 9.71. The Kier molecular flexibility index (Phi) is 4.18. The average molecular weight is 357 g/mol. The molecule has 0 aromatic heterocycles. The van der Waals surface area contributed by atoms with Gasteiger partial charge in [-0.3, -0.25) is 0 Å². The van der Waals surface area contributed by atoms with Gasteiger partial charge in [0.2, 0.25) is 0 Å². The van der Waals surface area contributed by atoms with Gasteiger partial charge in [0.1, 0.15) is 0 Å². The predicted molar refractivity (Wildman–Crippen MR) is 120 cm³/mol. The molecule has 5 rings (SSSR count). The minimum absolute atomic E-state index is 1.24. The van der Waals surface area contributed by atoms with Crippen LogP contribution in [0.3, 0.4) is 0 Å². The fraction of sp³-hybridized carbons (Fsp3) is 0.0357. The van der Waals surface area contributed by atoms with Gasteiger partial charge in [0, 0.05) is 0 Å². The maximum absolute atomic E-state index is 2.33. The van der Waals surface area contributed by atoms with Crippen LogP contribution in [0.4, 0.5) is 0 Å². The SMILES string of the molecule is Cc1ccc([C](c2ccccc2)c2cccc3cc4ccccc4cc23)cc1. The first-order valence-corrected chi connectivity index (χ1v) is 9.71. The fourth-order valence-corrected chi connectivity index (χ4v) is 3.99.